The highest BCUT2D eigenvalue weighted by atomic mass is 35.5. The number of carbonyl (C=O) groups excluding carboxylic acids is 2. The summed E-state index contributed by atoms with van der Waals surface area (Å²) < 4.78 is 0. The van der Waals surface area contributed by atoms with E-state index in [0.29, 0.717) is 9.93 Å². The molecule has 0 atom stereocenters. The van der Waals surface area contributed by atoms with Crippen LogP contribution in [0.25, 0.3) is 6.08 Å². The Kier molecular flexibility index (Phi) is 5.96. The molecule has 3 rings (SSSR count). The minimum absolute atomic E-state index is 0.106. The van der Waals surface area contributed by atoms with Crippen LogP contribution in [0.1, 0.15) is 11.1 Å². The van der Waals surface area contributed by atoms with Crippen LogP contribution in [0.3, 0.4) is 0 Å². The number of amides is 2. The second kappa shape index (κ2) is 8.20. The highest BCUT2D eigenvalue weighted by Crippen LogP contribution is 2.32. The molecule has 2 amide bonds. The molecule has 1 saturated heterocycles. The van der Waals surface area contributed by atoms with Gasteiger partial charge in [-0.05, 0) is 66.4 Å². The van der Waals surface area contributed by atoms with E-state index in [2.05, 4.69) is 5.32 Å². The Balaban J connectivity index is 1.72. The van der Waals surface area contributed by atoms with Gasteiger partial charge in [-0.2, -0.15) is 0 Å². The summed E-state index contributed by atoms with van der Waals surface area (Å²) in [5.74, 6) is -0.291. The number of halogens is 1. The molecule has 1 fully saturated rings. The topological polar surface area (TPSA) is 49.4 Å². The van der Waals surface area contributed by atoms with Crippen LogP contribution >= 0.6 is 35.1 Å². The smallest absolute Gasteiger partial charge is 0.295 e. The summed E-state index contributed by atoms with van der Waals surface area (Å²) in [6, 6.07) is 13.3. The normalized spacial score (nSPS) is 15.8. The first-order chi connectivity index (χ1) is 12.5. The molecule has 0 aromatic heterocycles. The maximum Gasteiger partial charge on any atom is 0.295 e. The lowest BCUT2D eigenvalue weighted by molar-refractivity contribution is -0.122. The molecule has 4 nitrogen and oxygen atoms in total. The number of nitrogens with zero attached hydrogens (tertiary/aromatic N) is 1. The molecule has 0 saturated carbocycles. The molecule has 1 aliphatic rings. The van der Waals surface area contributed by atoms with E-state index in [4.69, 9.17) is 11.6 Å². The maximum atomic E-state index is 12.6. The van der Waals surface area contributed by atoms with Crippen molar-refractivity contribution >= 4 is 58.0 Å². The largest absolute Gasteiger partial charge is 0.367 e. The van der Waals surface area contributed by atoms with Gasteiger partial charge >= 0.3 is 0 Å². The van der Waals surface area contributed by atoms with Crippen molar-refractivity contribution in [3.8, 4) is 0 Å². The summed E-state index contributed by atoms with van der Waals surface area (Å²) in [5, 5.41) is 3.47. The summed E-state index contributed by atoms with van der Waals surface area (Å²) in [6.07, 6.45) is 3.76. The van der Waals surface area contributed by atoms with Gasteiger partial charge in [-0.15, -0.1) is 11.8 Å². The van der Waals surface area contributed by atoms with Gasteiger partial charge in [0.2, 0.25) is 0 Å². The number of hydrogen-bond acceptors (Lipinski definition) is 5. The number of imide groups is 1. The standard InChI is InChI=1S/C19H17ClN2O2S2/c1-12-15(20)4-3-5-16(12)21-11-22-18(23)17(26-19(22)24)10-13-6-8-14(25-2)9-7-13/h3-10,21H,11H2,1-2H3/b17-10-. The first kappa shape index (κ1) is 18.9. The first-order valence-electron chi connectivity index (χ1n) is 7.88. The van der Waals surface area contributed by atoms with Gasteiger partial charge in [0.15, 0.2) is 0 Å². The molecule has 1 N–H and O–H groups in total. The lowest BCUT2D eigenvalue weighted by Crippen LogP contribution is -2.33. The number of benzene rings is 2. The van der Waals surface area contributed by atoms with Crippen molar-refractivity contribution in [1.29, 1.82) is 0 Å². The van der Waals surface area contributed by atoms with Crippen molar-refractivity contribution in [2.45, 2.75) is 11.8 Å². The molecule has 0 aliphatic carbocycles. The van der Waals surface area contributed by atoms with Gasteiger partial charge in [0.25, 0.3) is 11.1 Å². The van der Waals surface area contributed by atoms with Gasteiger partial charge in [0.1, 0.15) is 0 Å². The molecular formula is C19H17ClN2O2S2. The summed E-state index contributed by atoms with van der Waals surface area (Å²) >= 11 is 8.71. The Labute approximate surface area is 166 Å². The SMILES string of the molecule is CSc1ccc(/C=C2\SC(=O)N(CNc3cccc(Cl)c3C)C2=O)cc1. The zero-order valence-electron chi connectivity index (χ0n) is 14.3. The summed E-state index contributed by atoms with van der Waals surface area (Å²) in [4.78, 5) is 27.6. The van der Waals surface area contributed by atoms with Crippen LogP contribution < -0.4 is 5.32 Å². The van der Waals surface area contributed by atoms with Crippen LogP contribution in [0.15, 0.2) is 52.3 Å². The average molecular weight is 405 g/mol. The summed E-state index contributed by atoms with van der Waals surface area (Å²) in [5.41, 5.74) is 2.57. The molecule has 0 bridgehead atoms. The summed E-state index contributed by atoms with van der Waals surface area (Å²) in [7, 11) is 0. The van der Waals surface area contributed by atoms with Crippen molar-refractivity contribution < 1.29 is 9.59 Å². The van der Waals surface area contributed by atoms with Gasteiger partial charge in [0.05, 0.1) is 11.6 Å². The van der Waals surface area contributed by atoms with E-state index in [0.717, 1.165) is 33.5 Å². The van der Waals surface area contributed by atoms with Gasteiger partial charge in [-0.3, -0.25) is 14.5 Å². The molecular weight excluding hydrogens is 388 g/mol. The average Bonchev–Trinajstić information content (AvgIpc) is 2.90. The summed E-state index contributed by atoms with van der Waals surface area (Å²) in [6.45, 7) is 1.99. The molecule has 2 aromatic rings. The number of carbonyl (C=O) groups is 2. The Bertz CT molecular complexity index is 882. The number of rotatable bonds is 5. The lowest BCUT2D eigenvalue weighted by atomic mass is 10.2. The van der Waals surface area contributed by atoms with Crippen molar-refractivity contribution in [3.63, 3.8) is 0 Å². The molecule has 0 spiro atoms. The Morgan fingerprint density at radius 2 is 1.92 bits per heavy atom. The van der Waals surface area contributed by atoms with Crippen molar-refractivity contribution in [2.24, 2.45) is 0 Å². The van der Waals surface area contributed by atoms with E-state index in [1.165, 1.54) is 4.90 Å². The zero-order chi connectivity index (χ0) is 18.7. The maximum absolute atomic E-state index is 12.6. The molecule has 0 radical (unpaired) electrons. The van der Waals surface area contributed by atoms with Crippen LogP contribution in [0.5, 0.6) is 0 Å². The van der Waals surface area contributed by atoms with E-state index in [1.54, 1.807) is 23.9 Å². The predicted octanol–water partition coefficient (Wildman–Crippen LogP) is 5.48. The van der Waals surface area contributed by atoms with Crippen LogP contribution in [0.4, 0.5) is 10.5 Å². The van der Waals surface area contributed by atoms with E-state index in [1.807, 2.05) is 49.6 Å². The van der Waals surface area contributed by atoms with Gasteiger partial charge in [-0.1, -0.05) is 29.8 Å². The van der Waals surface area contributed by atoms with Gasteiger partial charge in [0, 0.05) is 15.6 Å². The van der Waals surface area contributed by atoms with E-state index in [9.17, 15) is 9.59 Å². The van der Waals surface area contributed by atoms with Crippen molar-refractivity contribution in [3.05, 3.63) is 63.5 Å². The van der Waals surface area contributed by atoms with Crippen LogP contribution in [-0.4, -0.2) is 29.0 Å². The third kappa shape index (κ3) is 4.09. The van der Waals surface area contributed by atoms with Crippen LogP contribution in [0, 0.1) is 6.92 Å². The lowest BCUT2D eigenvalue weighted by Gasteiger charge is -2.16. The van der Waals surface area contributed by atoms with Gasteiger partial charge in [-0.25, -0.2) is 0 Å². The molecule has 7 heteroatoms. The Morgan fingerprint density at radius 3 is 2.62 bits per heavy atom. The Morgan fingerprint density at radius 1 is 1.19 bits per heavy atom. The van der Waals surface area contributed by atoms with Crippen molar-refractivity contribution in [1.82, 2.24) is 4.90 Å². The van der Waals surface area contributed by atoms with E-state index in [-0.39, 0.29) is 17.8 Å². The van der Waals surface area contributed by atoms with Crippen LogP contribution in [0.2, 0.25) is 5.02 Å². The van der Waals surface area contributed by atoms with E-state index < -0.39 is 0 Å². The third-order valence-electron chi connectivity index (χ3n) is 3.98. The number of thioether (sulfide) groups is 2. The quantitative estimate of drug-likeness (QED) is 0.528. The predicted molar refractivity (Wildman–Crippen MR) is 111 cm³/mol. The first-order valence-corrected chi connectivity index (χ1v) is 10.3. The number of nitrogens with one attached hydrogen (secondary N) is 1. The minimum Gasteiger partial charge on any atom is -0.367 e. The Hall–Kier alpha value is -1.89. The molecule has 26 heavy (non-hydrogen) atoms. The monoisotopic (exact) mass is 404 g/mol. The molecule has 1 heterocycles. The van der Waals surface area contributed by atoms with E-state index >= 15 is 0 Å². The zero-order valence-corrected chi connectivity index (χ0v) is 16.7. The van der Waals surface area contributed by atoms with Crippen molar-refractivity contribution in [2.75, 3.05) is 18.2 Å². The second-order valence-corrected chi connectivity index (χ2v) is 7.91. The molecule has 134 valence electrons. The molecule has 1 aliphatic heterocycles. The number of hydrogen-bond donors (Lipinski definition) is 1. The molecule has 2 aromatic carbocycles. The molecule has 0 unspecified atom stereocenters. The van der Waals surface area contributed by atoms with Crippen LogP contribution in [-0.2, 0) is 4.79 Å². The fraction of sp³-hybridized carbons (Fsp3) is 0.158. The highest BCUT2D eigenvalue weighted by Gasteiger charge is 2.34. The highest BCUT2D eigenvalue weighted by molar-refractivity contribution is 8.18. The minimum atomic E-state index is -0.291. The fourth-order valence-corrected chi connectivity index (χ4v) is 3.87. The number of anilines is 1. The second-order valence-electron chi connectivity index (χ2n) is 5.63. The van der Waals surface area contributed by atoms with Gasteiger partial charge < -0.3 is 5.32 Å². The fourth-order valence-electron chi connectivity index (χ4n) is 2.45. The third-order valence-corrected chi connectivity index (χ3v) is 6.04.